The summed E-state index contributed by atoms with van der Waals surface area (Å²) in [4.78, 5) is 38.1. The maximum atomic E-state index is 12.8. The average Bonchev–Trinajstić information content (AvgIpc) is 3.39. The first kappa shape index (κ1) is 70.6. The summed E-state index contributed by atoms with van der Waals surface area (Å²) in [6, 6.07) is 0. The van der Waals surface area contributed by atoms with Crippen molar-refractivity contribution < 1.29 is 28.6 Å². The Bertz CT molecular complexity index is 1220. The Labute approximate surface area is 455 Å². The van der Waals surface area contributed by atoms with E-state index in [-0.39, 0.29) is 31.1 Å². The van der Waals surface area contributed by atoms with Crippen LogP contribution < -0.4 is 0 Å². The van der Waals surface area contributed by atoms with E-state index in [2.05, 4.69) is 57.2 Å². The van der Waals surface area contributed by atoms with Crippen molar-refractivity contribution in [3.8, 4) is 0 Å². The average molecular weight is 1030 g/mol. The molecule has 0 N–H and O–H groups in total. The minimum atomic E-state index is -0.780. The van der Waals surface area contributed by atoms with E-state index in [0.717, 1.165) is 103 Å². The maximum Gasteiger partial charge on any atom is 0.306 e. The van der Waals surface area contributed by atoms with Crippen molar-refractivity contribution in [3.05, 3.63) is 36.5 Å². The molecule has 0 fully saturated rings. The van der Waals surface area contributed by atoms with E-state index < -0.39 is 6.10 Å². The SMILES string of the molecule is CCC/C=C\C/C=C\CCCCCCCC(=O)OC(COC(=O)CCCCCCC/C=C\CCC)COC(=O)CCCCCCCCCCCCCCCCCCCCCCCCCCCCCCCCCC. The Morgan fingerprint density at radius 3 is 0.836 bits per heavy atom. The van der Waals surface area contributed by atoms with Gasteiger partial charge in [0, 0.05) is 19.3 Å². The predicted octanol–water partition coefficient (Wildman–Crippen LogP) is 22.0. The van der Waals surface area contributed by atoms with E-state index in [1.807, 2.05) is 0 Å². The molecule has 0 saturated carbocycles. The van der Waals surface area contributed by atoms with Gasteiger partial charge in [-0.2, -0.15) is 0 Å². The number of carbonyl (C=O) groups excluding carboxylic acids is 3. The fourth-order valence-electron chi connectivity index (χ4n) is 9.72. The largest absolute Gasteiger partial charge is 0.462 e. The fourth-order valence-corrected chi connectivity index (χ4v) is 9.72. The molecule has 1 unspecified atom stereocenters. The van der Waals surface area contributed by atoms with Crippen molar-refractivity contribution in [2.24, 2.45) is 0 Å². The molecule has 0 spiro atoms. The van der Waals surface area contributed by atoms with Gasteiger partial charge in [0.05, 0.1) is 0 Å². The zero-order valence-electron chi connectivity index (χ0n) is 49.2. The summed E-state index contributed by atoms with van der Waals surface area (Å²) < 4.78 is 16.8. The third-order valence-electron chi connectivity index (χ3n) is 14.6. The van der Waals surface area contributed by atoms with Gasteiger partial charge in [-0.25, -0.2) is 0 Å². The predicted molar refractivity (Wildman–Crippen MR) is 316 cm³/mol. The molecule has 1 atom stereocenters. The fraction of sp³-hybridized carbons (Fsp3) is 0.866. The topological polar surface area (TPSA) is 78.9 Å². The quantitative estimate of drug-likeness (QED) is 0.0261. The van der Waals surface area contributed by atoms with Crippen molar-refractivity contribution in [3.63, 3.8) is 0 Å². The van der Waals surface area contributed by atoms with E-state index in [9.17, 15) is 14.4 Å². The lowest BCUT2D eigenvalue weighted by Crippen LogP contribution is -2.30. The first-order valence-corrected chi connectivity index (χ1v) is 32.5. The molecule has 0 aromatic heterocycles. The number of carbonyl (C=O) groups is 3. The van der Waals surface area contributed by atoms with Crippen molar-refractivity contribution in [2.75, 3.05) is 13.2 Å². The van der Waals surface area contributed by atoms with Gasteiger partial charge in [-0.05, 0) is 64.2 Å². The first-order valence-electron chi connectivity index (χ1n) is 32.5. The summed E-state index contributed by atoms with van der Waals surface area (Å²) in [5.74, 6) is -0.886. The number of unbranched alkanes of at least 4 members (excludes halogenated alkanes) is 43. The Balaban J connectivity index is 4.00. The van der Waals surface area contributed by atoms with Crippen LogP contribution in [0.15, 0.2) is 36.5 Å². The van der Waals surface area contributed by atoms with E-state index in [1.54, 1.807) is 0 Å². The second-order valence-corrected chi connectivity index (χ2v) is 22.0. The van der Waals surface area contributed by atoms with Crippen molar-refractivity contribution in [1.29, 1.82) is 0 Å². The van der Waals surface area contributed by atoms with Crippen molar-refractivity contribution in [2.45, 2.75) is 361 Å². The molecule has 73 heavy (non-hydrogen) atoms. The molecule has 0 amide bonds. The molecular formula is C67H124O6. The number of ether oxygens (including phenoxy) is 3. The molecular weight excluding hydrogens is 901 g/mol. The summed E-state index contributed by atoms with van der Waals surface area (Å²) in [5.41, 5.74) is 0. The van der Waals surface area contributed by atoms with Crippen LogP contribution in [0.5, 0.6) is 0 Å². The van der Waals surface area contributed by atoms with Crippen LogP contribution in [0.4, 0.5) is 0 Å². The van der Waals surface area contributed by atoms with Crippen LogP contribution in [-0.2, 0) is 28.6 Å². The lowest BCUT2D eigenvalue weighted by molar-refractivity contribution is -0.167. The summed E-state index contributed by atoms with van der Waals surface area (Å²) in [7, 11) is 0. The molecule has 0 aromatic carbocycles. The molecule has 0 aliphatic rings. The highest BCUT2D eigenvalue weighted by atomic mass is 16.6. The highest BCUT2D eigenvalue weighted by Crippen LogP contribution is 2.18. The second kappa shape index (κ2) is 62.2. The Morgan fingerprint density at radius 1 is 0.274 bits per heavy atom. The minimum absolute atomic E-state index is 0.0773. The van der Waals surface area contributed by atoms with Gasteiger partial charge in [-0.15, -0.1) is 0 Å². The van der Waals surface area contributed by atoms with E-state index in [4.69, 9.17) is 14.2 Å². The minimum Gasteiger partial charge on any atom is -0.462 e. The number of rotatable bonds is 60. The van der Waals surface area contributed by atoms with Gasteiger partial charge in [0.2, 0.25) is 0 Å². The zero-order chi connectivity index (χ0) is 52.9. The molecule has 0 aliphatic heterocycles. The normalized spacial score (nSPS) is 12.2. The lowest BCUT2D eigenvalue weighted by Gasteiger charge is -2.18. The number of allylic oxidation sites excluding steroid dienone is 6. The van der Waals surface area contributed by atoms with E-state index in [1.165, 1.54) is 212 Å². The molecule has 428 valence electrons. The molecule has 0 rings (SSSR count). The smallest absolute Gasteiger partial charge is 0.306 e. The molecule has 0 radical (unpaired) electrons. The molecule has 0 bridgehead atoms. The van der Waals surface area contributed by atoms with Crippen molar-refractivity contribution in [1.82, 2.24) is 0 Å². The molecule has 6 heteroatoms. The van der Waals surface area contributed by atoms with Gasteiger partial charge in [0.25, 0.3) is 0 Å². The van der Waals surface area contributed by atoms with Crippen molar-refractivity contribution >= 4 is 17.9 Å². The lowest BCUT2D eigenvalue weighted by atomic mass is 10.0. The van der Waals surface area contributed by atoms with Crippen LogP contribution in [0.1, 0.15) is 355 Å². The summed E-state index contributed by atoms with van der Waals surface area (Å²) in [6.07, 6.45) is 76.3. The number of hydrogen-bond donors (Lipinski definition) is 0. The summed E-state index contributed by atoms with van der Waals surface area (Å²) in [5, 5.41) is 0. The van der Waals surface area contributed by atoms with Gasteiger partial charge < -0.3 is 14.2 Å². The second-order valence-electron chi connectivity index (χ2n) is 22.0. The molecule has 0 heterocycles. The number of hydrogen-bond acceptors (Lipinski definition) is 6. The Kier molecular flexibility index (Phi) is 60.2. The summed E-state index contributed by atoms with van der Waals surface area (Å²) in [6.45, 7) is 6.54. The van der Waals surface area contributed by atoms with E-state index in [0.29, 0.717) is 19.3 Å². The van der Waals surface area contributed by atoms with Crippen LogP contribution in [0, 0.1) is 0 Å². The van der Waals surface area contributed by atoms with Gasteiger partial charge in [0.15, 0.2) is 6.10 Å². The van der Waals surface area contributed by atoms with Crippen LogP contribution >= 0.6 is 0 Å². The Morgan fingerprint density at radius 2 is 0.521 bits per heavy atom. The standard InChI is InChI=1S/C67H124O6/c1-4-7-10-13-16-19-22-24-25-26-27-28-29-30-31-32-33-34-35-36-37-38-39-40-41-42-44-45-48-51-54-57-60-66(69)72-63-64(62-71-65(68)59-56-53-50-47-21-18-15-12-9-6-3)73-67(70)61-58-55-52-49-46-43-23-20-17-14-11-8-5-2/h11-12,14-15,20,23,64H,4-10,13,16-19,21-22,24-63H2,1-3H3/b14-11-,15-12-,23-20-. The maximum absolute atomic E-state index is 12.8. The van der Waals surface area contributed by atoms with Gasteiger partial charge in [-0.1, -0.05) is 308 Å². The molecule has 0 saturated heterocycles. The zero-order valence-corrected chi connectivity index (χ0v) is 49.2. The van der Waals surface area contributed by atoms with Crippen LogP contribution in [0.2, 0.25) is 0 Å². The molecule has 6 nitrogen and oxygen atoms in total. The highest BCUT2D eigenvalue weighted by Gasteiger charge is 2.19. The number of esters is 3. The highest BCUT2D eigenvalue weighted by molar-refractivity contribution is 5.71. The van der Waals surface area contributed by atoms with Gasteiger partial charge in [-0.3, -0.25) is 14.4 Å². The third-order valence-corrected chi connectivity index (χ3v) is 14.6. The molecule has 0 aliphatic carbocycles. The van der Waals surface area contributed by atoms with Gasteiger partial charge >= 0.3 is 17.9 Å². The first-order chi connectivity index (χ1) is 36.0. The van der Waals surface area contributed by atoms with Gasteiger partial charge in [0.1, 0.15) is 13.2 Å². The van der Waals surface area contributed by atoms with Crippen LogP contribution in [0.25, 0.3) is 0 Å². The third kappa shape index (κ3) is 60.4. The summed E-state index contributed by atoms with van der Waals surface area (Å²) >= 11 is 0. The van der Waals surface area contributed by atoms with E-state index >= 15 is 0 Å². The molecule has 0 aromatic rings. The Hall–Kier alpha value is -2.37. The van der Waals surface area contributed by atoms with Crippen LogP contribution in [0.3, 0.4) is 0 Å². The monoisotopic (exact) mass is 1020 g/mol. The van der Waals surface area contributed by atoms with Crippen LogP contribution in [-0.4, -0.2) is 37.2 Å².